The number of ketones is 1. The number of carbonyl (C=O) groups excluding carboxylic acids is 1. The summed E-state index contributed by atoms with van der Waals surface area (Å²) in [5, 5.41) is 0. The Labute approximate surface area is 87.1 Å². The van der Waals surface area contributed by atoms with Crippen LogP contribution in [0.3, 0.4) is 0 Å². The molecule has 0 radical (unpaired) electrons. The molecule has 14 heavy (non-hydrogen) atoms. The molecule has 5 heteroatoms. The van der Waals surface area contributed by atoms with Crippen LogP contribution < -0.4 is 0 Å². The van der Waals surface area contributed by atoms with Crippen LogP contribution in [0.1, 0.15) is 22.8 Å². The summed E-state index contributed by atoms with van der Waals surface area (Å²) in [5.74, 6) is -0.593. The molecule has 0 aromatic heterocycles. The molecule has 0 unspecified atom stereocenters. The molecular formula is C9H6BrF3O. The number of alkyl halides is 3. The molecule has 0 N–H and O–H groups in total. The van der Waals surface area contributed by atoms with Gasteiger partial charge >= 0.3 is 6.18 Å². The molecule has 0 aliphatic carbocycles. The van der Waals surface area contributed by atoms with Crippen molar-refractivity contribution in [3.63, 3.8) is 0 Å². The molecule has 0 aliphatic heterocycles. The predicted molar refractivity (Wildman–Crippen MR) is 49.1 cm³/mol. The van der Waals surface area contributed by atoms with Gasteiger partial charge in [-0.05, 0) is 25.1 Å². The van der Waals surface area contributed by atoms with Gasteiger partial charge < -0.3 is 0 Å². The zero-order valence-electron chi connectivity index (χ0n) is 7.15. The monoisotopic (exact) mass is 266 g/mol. The molecule has 0 spiro atoms. The van der Waals surface area contributed by atoms with Crippen LogP contribution in [0.5, 0.6) is 0 Å². The second-order valence-corrected chi connectivity index (χ2v) is 3.66. The normalized spacial score (nSPS) is 11.5. The van der Waals surface area contributed by atoms with E-state index < -0.39 is 17.5 Å². The number of hydrogen-bond acceptors (Lipinski definition) is 1. The fraction of sp³-hybridized carbons (Fsp3) is 0.222. The minimum atomic E-state index is -4.50. The number of benzene rings is 1. The lowest BCUT2D eigenvalue weighted by Gasteiger charge is -2.10. The lowest BCUT2D eigenvalue weighted by Crippen LogP contribution is -2.11. The Hall–Kier alpha value is -0.840. The highest BCUT2D eigenvalue weighted by Gasteiger charge is 2.34. The van der Waals surface area contributed by atoms with Crippen molar-refractivity contribution in [2.24, 2.45) is 0 Å². The molecule has 0 amide bonds. The molecule has 0 atom stereocenters. The maximum absolute atomic E-state index is 12.4. The number of hydrogen-bond donors (Lipinski definition) is 0. The van der Waals surface area contributed by atoms with E-state index in [0.717, 1.165) is 19.1 Å². The Balaban J connectivity index is 3.38. The van der Waals surface area contributed by atoms with Crippen molar-refractivity contribution in [3.05, 3.63) is 33.8 Å². The summed E-state index contributed by atoms with van der Waals surface area (Å²) >= 11 is 2.93. The van der Waals surface area contributed by atoms with Crippen LogP contribution in [0.4, 0.5) is 13.2 Å². The fourth-order valence-corrected chi connectivity index (χ4v) is 1.42. The van der Waals surface area contributed by atoms with Crippen molar-refractivity contribution in [2.75, 3.05) is 0 Å². The lowest BCUT2D eigenvalue weighted by molar-refractivity contribution is -0.137. The summed E-state index contributed by atoms with van der Waals surface area (Å²) in [6.45, 7) is 1.11. The van der Waals surface area contributed by atoms with Gasteiger partial charge in [0.15, 0.2) is 5.78 Å². The maximum Gasteiger partial charge on any atom is 0.417 e. The van der Waals surface area contributed by atoms with E-state index in [4.69, 9.17) is 0 Å². The molecule has 0 saturated carbocycles. The average molecular weight is 267 g/mol. The molecule has 0 heterocycles. The van der Waals surface area contributed by atoms with Crippen molar-refractivity contribution in [3.8, 4) is 0 Å². The third kappa shape index (κ3) is 2.35. The Bertz CT molecular complexity index is 371. The van der Waals surface area contributed by atoms with E-state index in [1.54, 1.807) is 0 Å². The summed E-state index contributed by atoms with van der Waals surface area (Å²) in [5.41, 5.74) is -1.21. The minimum absolute atomic E-state index is 0.301. The largest absolute Gasteiger partial charge is 0.417 e. The van der Waals surface area contributed by atoms with Gasteiger partial charge in [0.05, 0.1) is 5.56 Å². The average Bonchev–Trinajstić information content (AvgIpc) is 2.01. The third-order valence-corrected chi connectivity index (χ3v) is 2.16. The Morgan fingerprint density at radius 2 is 1.93 bits per heavy atom. The van der Waals surface area contributed by atoms with Crippen LogP contribution in [-0.2, 0) is 6.18 Å². The summed E-state index contributed by atoms with van der Waals surface area (Å²) in [6.07, 6.45) is -4.50. The van der Waals surface area contributed by atoms with Gasteiger partial charge in [0.25, 0.3) is 0 Å². The predicted octanol–water partition coefficient (Wildman–Crippen LogP) is 3.67. The Kier molecular flexibility index (Phi) is 2.99. The molecule has 0 bridgehead atoms. The summed E-state index contributed by atoms with van der Waals surface area (Å²) in [6, 6.07) is 3.47. The van der Waals surface area contributed by atoms with Gasteiger partial charge in [-0.3, -0.25) is 4.79 Å². The Morgan fingerprint density at radius 3 is 2.36 bits per heavy atom. The van der Waals surface area contributed by atoms with E-state index in [-0.39, 0.29) is 5.56 Å². The summed E-state index contributed by atoms with van der Waals surface area (Å²) in [4.78, 5) is 10.9. The Morgan fingerprint density at radius 1 is 1.36 bits per heavy atom. The molecule has 0 fully saturated rings. The van der Waals surface area contributed by atoms with Gasteiger partial charge in [0, 0.05) is 10.0 Å². The standard InChI is InChI=1S/C9H6BrF3O/c1-5(14)7-3-2-6(10)4-8(7)9(11,12)13/h2-4H,1H3. The van der Waals surface area contributed by atoms with E-state index in [2.05, 4.69) is 15.9 Å². The number of halogens is 4. The fourth-order valence-electron chi connectivity index (χ4n) is 1.06. The SMILES string of the molecule is CC(=O)c1ccc(Br)cc1C(F)(F)F. The number of Topliss-reactive ketones (excluding diaryl/α,β-unsaturated/α-hetero) is 1. The second kappa shape index (κ2) is 3.73. The van der Waals surface area contributed by atoms with Crippen molar-refractivity contribution in [2.45, 2.75) is 13.1 Å². The maximum atomic E-state index is 12.4. The molecule has 1 aromatic rings. The van der Waals surface area contributed by atoms with E-state index >= 15 is 0 Å². The number of carbonyl (C=O) groups is 1. The van der Waals surface area contributed by atoms with Crippen molar-refractivity contribution >= 4 is 21.7 Å². The second-order valence-electron chi connectivity index (χ2n) is 2.74. The molecule has 1 nitrogen and oxygen atoms in total. The first-order valence-electron chi connectivity index (χ1n) is 3.70. The minimum Gasteiger partial charge on any atom is -0.294 e. The van der Waals surface area contributed by atoms with Crippen LogP contribution in [0.2, 0.25) is 0 Å². The van der Waals surface area contributed by atoms with E-state index in [1.165, 1.54) is 6.07 Å². The first-order valence-corrected chi connectivity index (χ1v) is 4.49. The van der Waals surface area contributed by atoms with Gasteiger partial charge in [0.1, 0.15) is 0 Å². The van der Waals surface area contributed by atoms with Gasteiger partial charge in [-0.15, -0.1) is 0 Å². The zero-order valence-corrected chi connectivity index (χ0v) is 8.74. The molecule has 0 aliphatic rings. The molecule has 1 rings (SSSR count). The molecule has 0 saturated heterocycles. The first-order chi connectivity index (χ1) is 6.32. The highest BCUT2D eigenvalue weighted by atomic mass is 79.9. The van der Waals surface area contributed by atoms with Crippen LogP contribution in [-0.4, -0.2) is 5.78 Å². The molecular weight excluding hydrogens is 261 g/mol. The van der Waals surface area contributed by atoms with Crippen LogP contribution >= 0.6 is 15.9 Å². The van der Waals surface area contributed by atoms with Gasteiger partial charge in [0.2, 0.25) is 0 Å². The third-order valence-electron chi connectivity index (χ3n) is 1.67. The highest BCUT2D eigenvalue weighted by Crippen LogP contribution is 2.33. The summed E-state index contributed by atoms with van der Waals surface area (Å²) in [7, 11) is 0. The van der Waals surface area contributed by atoms with Crippen LogP contribution in [0.15, 0.2) is 22.7 Å². The lowest BCUT2D eigenvalue weighted by atomic mass is 10.0. The van der Waals surface area contributed by atoms with Gasteiger partial charge in [-0.1, -0.05) is 15.9 Å². The summed E-state index contributed by atoms with van der Waals surface area (Å²) < 4.78 is 37.5. The van der Waals surface area contributed by atoms with E-state index in [9.17, 15) is 18.0 Å². The van der Waals surface area contributed by atoms with Crippen LogP contribution in [0, 0.1) is 0 Å². The van der Waals surface area contributed by atoms with Gasteiger partial charge in [-0.25, -0.2) is 0 Å². The zero-order chi connectivity index (χ0) is 10.9. The van der Waals surface area contributed by atoms with Crippen molar-refractivity contribution in [1.82, 2.24) is 0 Å². The topological polar surface area (TPSA) is 17.1 Å². The quantitative estimate of drug-likeness (QED) is 0.709. The molecule has 1 aromatic carbocycles. The molecule has 76 valence electrons. The van der Waals surface area contributed by atoms with Crippen molar-refractivity contribution in [1.29, 1.82) is 0 Å². The van der Waals surface area contributed by atoms with Crippen LogP contribution in [0.25, 0.3) is 0 Å². The van der Waals surface area contributed by atoms with E-state index in [1.807, 2.05) is 0 Å². The highest BCUT2D eigenvalue weighted by molar-refractivity contribution is 9.10. The first kappa shape index (κ1) is 11.2. The van der Waals surface area contributed by atoms with Gasteiger partial charge in [-0.2, -0.15) is 13.2 Å². The smallest absolute Gasteiger partial charge is 0.294 e. The van der Waals surface area contributed by atoms with Crippen molar-refractivity contribution < 1.29 is 18.0 Å². The number of rotatable bonds is 1. The van der Waals surface area contributed by atoms with E-state index in [0.29, 0.717) is 4.47 Å².